The molecule has 3 rings (SSSR count). The average Bonchev–Trinajstić information content (AvgIpc) is 3.04. The fraction of sp³-hybridized carbons (Fsp3) is 0.353. The predicted molar refractivity (Wildman–Crippen MR) is 95.3 cm³/mol. The lowest BCUT2D eigenvalue weighted by Gasteiger charge is -2.15. The SMILES string of the molecule is CC(=O)Nc1ccn([C@@H]2CS[C@H](COCc3ccccc3)O2)c(=O)n1. The van der Waals surface area contributed by atoms with Gasteiger partial charge in [0.1, 0.15) is 17.5 Å². The van der Waals surface area contributed by atoms with Crippen LogP contribution in [-0.4, -0.2) is 33.3 Å². The number of nitrogens with one attached hydrogen (secondary N) is 1. The largest absolute Gasteiger partial charge is 0.373 e. The molecule has 2 heterocycles. The Bertz CT molecular complexity index is 781. The molecular weight excluding hydrogens is 342 g/mol. The van der Waals surface area contributed by atoms with Gasteiger partial charge in [0, 0.05) is 18.9 Å². The third-order valence-corrected chi connectivity index (χ3v) is 4.64. The highest BCUT2D eigenvalue weighted by molar-refractivity contribution is 8.00. The molecule has 25 heavy (non-hydrogen) atoms. The van der Waals surface area contributed by atoms with Gasteiger partial charge in [0.15, 0.2) is 0 Å². The van der Waals surface area contributed by atoms with E-state index >= 15 is 0 Å². The molecule has 2 aromatic rings. The lowest BCUT2D eigenvalue weighted by atomic mass is 10.2. The molecule has 1 aliphatic rings. The van der Waals surface area contributed by atoms with Crippen LogP contribution in [0.1, 0.15) is 18.7 Å². The maximum atomic E-state index is 12.1. The van der Waals surface area contributed by atoms with Crippen LogP contribution in [-0.2, 0) is 20.9 Å². The van der Waals surface area contributed by atoms with Gasteiger partial charge in [0.25, 0.3) is 0 Å². The van der Waals surface area contributed by atoms with Crippen molar-refractivity contribution in [3.8, 4) is 0 Å². The first-order chi connectivity index (χ1) is 12.1. The molecule has 0 saturated carbocycles. The van der Waals surface area contributed by atoms with Crippen LogP contribution in [0.4, 0.5) is 5.82 Å². The fourth-order valence-electron chi connectivity index (χ4n) is 2.41. The second kappa shape index (κ2) is 8.28. The Morgan fingerprint density at radius 3 is 2.92 bits per heavy atom. The van der Waals surface area contributed by atoms with Gasteiger partial charge in [-0.1, -0.05) is 30.3 Å². The van der Waals surface area contributed by atoms with Gasteiger partial charge < -0.3 is 14.8 Å². The topological polar surface area (TPSA) is 82.5 Å². The number of hydrogen-bond acceptors (Lipinski definition) is 6. The Morgan fingerprint density at radius 1 is 1.40 bits per heavy atom. The molecule has 1 fully saturated rings. The Kier molecular flexibility index (Phi) is 5.85. The Balaban J connectivity index is 1.52. The molecule has 1 aromatic heterocycles. The van der Waals surface area contributed by atoms with E-state index in [0.717, 1.165) is 5.56 Å². The zero-order valence-corrected chi connectivity index (χ0v) is 14.6. The average molecular weight is 361 g/mol. The van der Waals surface area contributed by atoms with E-state index in [1.54, 1.807) is 24.0 Å². The number of anilines is 1. The van der Waals surface area contributed by atoms with E-state index in [1.165, 1.54) is 11.5 Å². The number of hydrogen-bond donors (Lipinski definition) is 1. The lowest BCUT2D eigenvalue weighted by Crippen LogP contribution is -2.29. The minimum Gasteiger partial charge on any atom is -0.373 e. The van der Waals surface area contributed by atoms with E-state index in [4.69, 9.17) is 9.47 Å². The van der Waals surface area contributed by atoms with Crippen molar-refractivity contribution < 1.29 is 14.3 Å². The van der Waals surface area contributed by atoms with Gasteiger partial charge in [0.2, 0.25) is 5.91 Å². The second-order valence-electron chi connectivity index (χ2n) is 5.54. The maximum absolute atomic E-state index is 12.1. The predicted octanol–water partition coefficient (Wildman–Crippen LogP) is 2.01. The molecular formula is C17H19N3O4S. The van der Waals surface area contributed by atoms with Gasteiger partial charge in [0.05, 0.1) is 13.2 Å². The Morgan fingerprint density at radius 2 is 2.20 bits per heavy atom. The van der Waals surface area contributed by atoms with Crippen LogP contribution >= 0.6 is 11.8 Å². The molecule has 2 atom stereocenters. The summed E-state index contributed by atoms with van der Waals surface area (Å²) in [6.07, 6.45) is 1.20. The number of nitrogens with zero attached hydrogens (tertiary/aromatic N) is 2. The van der Waals surface area contributed by atoms with Crippen molar-refractivity contribution in [2.75, 3.05) is 17.7 Å². The zero-order chi connectivity index (χ0) is 17.6. The van der Waals surface area contributed by atoms with Gasteiger partial charge in [-0.25, -0.2) is 4.79 Å². The first-order valence-electron chi connectivity index (χ1n) is 7.87. The maximum Gasteiger partial charge on any atom is 0.351 e. The highest BCUT2D eigenvalue weighted by Crippen LogP contribution is 2.31. The van der Waals surface area contributed by atoms with Crippen LogP contribution in [0, 0.1) is 0 Å². The van der Waals surface area contributed by atoms with Gasteiger partial charge in [-0.2, -0.15) is 4.98 Å². The zero-order valence-electron chi connectivity index (χ0n) is 13.8. The van der Waals surface area contributed by atoms with E-state index in [9.17, 15) is 9.59 Å². The molecule has 0 bridgehead atoms. The fourth-order valence-corrected chi connectivity index (χ4v) is 3.42. The Hall–Kier alpha value is -2.16. The summed E-state index contributed by atoms with van der Waals surface area (Å²) < 4.78 is 13.0. The van der Waals surface area contributed by atoms with Gasteiger partial charge >= 0.3 is 5.69 Å². The summed E-state index contributed by atoms with van der Waals surface area (Å²) in [4.78, 5) is 26.9. The number of amides is 1. The molecule has 1 N–H and O–H groups in total. The van der Waals surface area contributed by atoms with E-state index in [0.29, 0.717) is 19.0 Å². The third-order valence-electron chi connectivity index (χ3n) is 3.54. The number of thioether (sulfide) groups is 1. The van der Waals surface area contributed by atoms with Gasteiger partial charge in [-0.05, 0) is 11.6 Å². The molecule has 0 spiro atoms. The first kappa shape index (κ1) is 17.7. The number of benzene rings is 1. The molecule has 0 unspecified atom stereocenters. The van der Waals surface area contributed by atoms with Crippen LogP contribution in [0.25, 0.3) is 0 Å². The highest BCUT2D eigenvalue weighted by Gasteiger charge is 2.28. The molecule has 7 nitrogen and oxygen atoms in total. The summed E-state index contributed by atoms with van der Waals surface area (Å²) >= 11 is 1.60. The van der Waals surface area contributed by atoms with Crippen molar-refractivity contribution in [1.29, 1.82) is 0 Å². The van der Waals surface area contributed by atoms with Crippen LogP contribution < -0.4 is 11.0 Å². The number of rotatable bonds is 6. The third kappa shape index (κ3) is 4.91. The summed E-state index contributed by atoms with van der Waals surface area (Å²) in [6, 6.07) is 11.5. The summed E-state index contributed by atoms with van der Waals surface area (Å²) in [5.41, 5.74) is 0.523. The number of aromatic nitrogens is 2. The van der Waals surface area contributed by atoms with E-state index < -0.39 is 5.69 Å². The van der Waals surface area contributed by atoms with Crippen molar-refractivity contribution in [2.24, 2.45) is 0 Å². The smallest absolute Gasteiger partial charge is 0.351 e. The summed E-state index contributed by atoms with van der Waals surface area (Å²) in [6.45, 7) is 2.34. The molecule has 1 aromatic carbocycles. The monoisotopic (exact) mass is 361 g/mol. The van der Waals surface area contributed by atoms with Gasteiger partial charge in [-0.3, -0.25) is 9.36 Å². The Labute approximate surface area is 149 Å². The quantitative estimate of drug-likeness (QED) is 0.847. The normalized spacial score (nSPS) is 19.7. The second-order valence-corrected chi connectivity index (χ2v) is 6.73. The van der Waals surface area contributed by atoms with Crippen LogP contribution in [0.2, 0.25) is 0 Å². The molecule has 1 saturated heterocycles. The molecule has 1 amide bonds. The van der Waals surface area contributed by atoms with Crippen LogP contribution in [0.3, 0.4) is 0 Å². The minimum absolute atomic E-state index is 0.129. The first-order valence-corrected chi connectivity index (χ1v) is 8.92. The molecule has 8 heteroatoms. The molecule has 0 radical (unpaired) electrons. The van der Waals surface area contributed by atoms with Crippen molar-refractivity contribution in [3.05, 3.63) is 58.6 Å². The van der Waals surface area contributed by atoms with Crippen molar-refractivity contribution in [2.45, 2.75) is 25.2 Å². The molecule has 1 aliphatic heterocycles. The number of ether oxygens (including phenoxy) is 2. The molecule has 0 aliphatic carbocycles. The van der Waals surface area contributed by atoms with E-state index in [-0.39, 0.29) is 23.4 Å². The molecule has 132 valence electrons. The van der Waals surface area contributed by atoms with Crippen LogP contribution in [0.15, 0.2) is 47.4 Å². The van der Waals surface area contributed by atoms with E-state index in [2.05, 4.69) is 10.3 Å². The number of carbonyl (C=O) groups is 1. The lowest BCUT2D eigenvalue weighted by molar-refractivity contribution is -0.114. The standard InChI is InChI=1S/C17H19N3O4S/c1-12(21)18-14-7-8-20(17(22)19-14)15-11-25-16(24-15)10-23-9-13-5-3-2-4-6-13/h2-8,15-16H,9-11H2,1H3,(H,18,19,21,22)/t15-,16+/m0/s1. The summed E-state index contributed by atoms with van der Waals surface area (Å²) in [5, 5.41) is 2.49. The minimum atomic E-state index is -0.456. The van der Waals surface area contributed by atoms with Crippen molar-refractivity contribution in [3.63, 3.8) is 0 Å². The van der Waals surface area contributed by atoms with Gasteiger partial charge in [-0.15, -0.1) is 11.8 Å². The summed E-state index contributed by atoms with van der Waals surface area (Å²) in [5.74, 6) is 0.607. The van der Waals surface area contributed by atoms with Crippen molar-refractivity contribution >= 4 is 23.5 Å². The highest BCUT2D eigenvalue weighted by atomic mass is 32.2. The van der Waals surface area contributed by atoms with E-state index in [1.807, 2.05) is 30.3 Å². The van der Waals surface area contributed by atoms with Crippen LogP contribution in [0.5, 0.6) is 0 Å². The van der Waals surface area contributed by atoms with Crippen molar-refractivity contribution in [1.82, 2.24) is 9.55 Å². The number of carbonyl (C=O) groups excluding carboxylic acids is 1. The summed E-state index contributed by atoms with van der Waals surface area (Å²) in [7, 11) is 0.